The van der Waals surface area contributed by atoms with Gasteiger partial charge in [0, 0.05) is 5.39 Å². The summed E-state index contributed by atoms with van der Waals surface area (Å²) in [7, 11) is -3.99. The van der Waals surface area contributed by atoms with Crippen molar-refractivity contribution in [3.8, 4) is 0 Å². The fourth-order valence-electron chi connectivity index (χ4n) is 4.69. The molecule has 0 saturated heterocycles. The Hall–Kier alpha value is -4.02. The van der Waals surface area contributed by atoms with Crippen molar-refractivity contribution in [3.05, 3.63) is 89.5 Å². The molecule has 0 bridgehead atoms. The van der Waals surface area contributed by atoms with Crippen LogP contribution in [0.2, 0.25) is 0 Å². The van der Waals surface area contributed by atoms with Crippen LogP contribution >= 0.6 is 11.8 Å². The first-order chi connectivity index (χ1) is 19.0. The third-order valence-electron chi connectivity index (χ3n) is 6.88. The quantitative estimate of drug-likeness (QED) is 0.247. The highest BCUT2D eigenvalue weighted by atomic mass is 32.2. The van der Waals surface area contributed by atoms with Gasteiger partial charge in [0.1, 0.15) is 5.03 Å². The van der Waals surface area contributed by atoms with Gasteiger partial charge < -0.3 is 0 Å². The molecular weight excluding hydrogens is 541 g/mol. The van der Waals surface area contributed by atoms with Crippen LogP contribution in [0.1, 0.15) is 37.5 Å². The first-order valence-electron chi connectivity index (χ1n) is 12.8. The van der Waals surface area contributed by atoms with Gasteiger partial charge in [0.2, 0.25) is 5.16 Å². The molecule has 0 radical (unpaired) electrons. The summed E-state index contributed by atoms with van der Waals surface area (Å²) in [6.45, 7) is 10.00. The van der Waals surface area contributed by atoms with Crippen molar-refractivity contribution >= 4 is 55.2 Å². The average molecular weight is 569 g/mol. The molecule has 0 aliphatic rings. The van der Waals surface area contributed by atoms with Crippen molar-refractivity contribution in [1.82, 2.24) is 24.6 Å². The molecule has 3 heterocycles. The van der Waals surface area contributed by atoms with E-state index < -0.39 is 10.0 Å². The van der Waals surface area contributed by atoms with Gasteiger partial charge in [-0.25, -0.2) is 18.4 Å². The Bertz CT molecular complexity index is 2050. The zero-order valence-electron chi connectivity index (χ0n) is 22.8. The maximum Gasteiger partial charge on any atom is 0.263 e. The number of sulfonamides is 1. The number of anilines is 1. The number of aromatic nitrogens is 5. The van der Waals surface area contributed by atoms with Crippen molar-refractivity contribution in [2.24, 2.45) is 0 Å². The molecule has 3 aromatic heterocycles. The summed E-state index contributed by atoms with van der Waals surface area (Å²) in [6, 6.07) is 22.9. The van der Waals surface area contributed by atoms with Gasteiger partial charge in [0.05, 0.1) is 21.4 Å². The van der Waals surface area contributed by atoms with Gasteiger partial charge in [-0.3, -0.25) is 9.12 Å². The highest BCUT2D eigenvalue weighted by Gasteiger charge is 2.25. The highest BCUT2D eigenvalue weighted by Crippen LogP contribution is 2.35. The van der Waals surface area contributed by atoms with E-state index in [1.807, 2.05) is 72.0 Å². The lowest BCUT2D eigenvalue weighted by Gasteiger charge is -2.21. The van der Waals surface area contributed by atoms with E-state index >= 15 is 0 Å². The van der Waals surface area contributed by atoms with E-state index in [9.17, 15) is 8.42 Å². The second-order valence-corrected chi connectivity index (χ2v) is 13.4. The number of benzene rings is 3. The third kappa shape index (κ3) is 4.67. The van der Waals surface area contributed by atoms with E-state index in [2.05, 4.69) is 41.8 Å². The van der Waals surface area contributed by atoms with Crippen molar-refractivity contribution in [1.29, 1.82) is 0 Å². The Morgan fingerprint density at radius 2 is 1.52 bits per heavy atom. The van der Waals surface area contributed by atoms with Gasteiger partial charge in [-0.1, -0.05) is 63.2 Å². The predicted molar refractivity (Wildman–Crippen MR) is 160 cm³/mol. The van der Waals surface area contributed by atoms with Gasteiger partial charge in [-0.2, -0.15) is 0 Å². The topological polar surface area (TPSA) is 102 Å². The Balaban J connectivity index is 1.49. The van der Waals surface area contributed by atoms with Crippen LogP contribution in [0.4, 0.5) is 5.82 Å². The third-order valence-corrected chi connectivity index (χ3v) is 9.28. The summed E-state index contributed by atoms with van der Waals surface area (Å²) >= 11 is 1.22. The van der Waals surface area contributed by atoms with Crippen LogP contribution in [-0.4, -0.2) is 33.0 Å². The molecule has 0 amide bonds. The minimum absolute atomic E-state index is 0.137. The molecule has 0 fully saturated rings. The second kappa shape index (κ2) is 9.57. The fourth-order valence-corrected chi connectivity index (χ4v) is 6.91. The standard InChI is InChI=1S/C30H28N6O2S2/c1-18-14-15-20(30(3,4)5)17-25(18)40(37,38)35-27-28(32-23-12-8-7-11-22(23)31-27)39-29-34-33-26-16-19(2)21-10-6-9-13-24(21)36(26)29/h6-17H,1-5H3,(H,31,35). The largest absolute Gasteiger partial charge is 0.270 e. The molecule has 0 spiro atoms. The molecule has 6 aromatic rings. The number of aryl methyl sites for hydroxylation is 2. The normalized spacial score (nSPS) is 12.4. The van der Waals surface area contributed by atoms with E-state index in [1.54, 1.807) is 13.0 Å². The zero-order chi connectivity index (χ0) is 28.2. The molecule has 3 aromatic carbocycles. The first-order valence-corrected chi connectivity index (χ1v) is 15.1. The number of rotatable bonds is 5. The lowest BCUT2D eigenvalue weighted by atomic mass is 9.87. The number of nitrogens with one attached hydrogen (secondary N) is 1. The van der Waals surface area contributed by atoms with Gasteiger partial charge in [0.25, 0.3) is 10.0 Å². The van der Waals surface area contributed by atoms with Crippen LogP contribution in [0, 0.1) is 13.8 Å². The monoisotopic (exact) mass is 568 g/mol. The van der Waals surface area contributed by atoms with Crippen LogP contribution in [0.25, 0.3) is 27.6 Å². The summed E-state index contributed by atoms with van der Waals surface area (Å²) in [6.07, 6.45) is 0. The lowest BCUT2D eigenvalue weighted by molar-refractivity contribution is 0.584. The molecule has 1 N–H and O–H groups in total. The number of fused-ring (bicyclic) bond motifs is 4. The molecular formula is C30H28N6O2S2. The molecule has 40 heavy (non-hydrogen) atoms. The van der Waals surface area contributed by atoms with Crippen LogP contribution in [0.5, 0.6) is 0 Å². The number of hydrogen-bond donors (Lipinski definition) is 1. The number of hydrogen-bond acceptors (Lipinski definition) is 7. The molecule has 0 aliphatic carbocycles. The molecule has 202 valence electrons. The number of para-hydroxylation sites is 3. The van der Waals surface area contributed by atoms with Gasteiger partial charge in [-0.15, -0.1) is 10.2 Å². The summed E-state index contributed by atoms with van der Waals surface area (Å²) in [5, 5.41) is 10.8. The molecule has 10 heteroatoms. The van der Waals surface area contributed by atoms with Crippen molar-refractivity contribution in [2.75, 3.05) is 4.72 Å². The Labute approximate surface area is 236 Å². The second-order valence-electron chi connectivity index (χ2n) is 10.8. The maximum atomic E-state index is 13.8. The Kier molecular flexibility index (Phi) is 6.27. The van der Waals surface area contributed by atoms with E-state index in [0.29, 0.717) is 32.4 Å². The minimum Gasteiger partial charge on any atom is -0.270 e. The fraction of sp³-hybridized carbons (Fsp3) is 0.200. The lowest BCUT2D eigenvalue weighted by Crippen LogP contribution is -2.18. The van der Waals surface area contributed by atoms with Crippen LogP contribution in [0.15, 0.2) is 87.9 Å². The van der Waals surface area contributed by atoms with E-state index in [1.165, 1.54) is 11.8 Å². The molecule has 0 atom stereocenters. The van der Waals surface area contributed by atoms with E-state index in [4.69, 9.17) is 9.97 Å². The molecule has 0 unspecified atom stereocenters. The van der Waals surface area contributed by atoms with E-state index in [-0.39, 0.29) is 16.1 Å². The predicted octanol–water partition coefficient (Wildman–Crippen LogP) is 6.69. The first kappa shape index (κ1) is 26.2. The highest BCUT2D eigenvalue weighted by molar-refractivity contribution is 7.99. The van der Waals surface area contributed by atoms with Gasteiger partial charge in [0.15, 0.2) is 11.5 Å². The van der Waals surface area contributed by atoms with Crippen molar-refractivity contribution in [2.45, 2.75) is 55.1 Å². The number of nitrogens with zero attached hydrogens (tertiary/aromatic N) is 5. The SMILES string of the molecule is Cc1ccc(C(C)(C)C)cc1S(=O)(=O)Nc1nc2ccccc2nc1Sc1nnc2cc(C)c3ccccc3n12. The maximum absolute atomic E-state index is 13.8. The summed E-state index contributed by atoms with van der Waals surface area (Å²) in [5.41, 5.74) is 5.34. The molecule has 0 saturated carbocycles. The summed E-state index contributed by atoms with van der Waals surface area (Å²) < 4.78 is 32.3. The summed E-state index contributed by atoms with van der Waals surface area (Å²) in [5.74, 6) is 0.137. The minimum atomic E-state index is -3.99. The van der Waals surface area contributed by atoms with Gasteiger partial charge in [-0.05, 0) is 78.0 Å². The Morgan fingerprint density at radius 3 is 2.27 bits per heavy atom. The van der Waals surface area contributed by atoms with Crippen LogP contribution in [-0.2, 0) is 15.4 Å². The average Bonchev–Trinajstić information content (AvgIpc) is 3.30. The van der Waals surface area contributed by atoms with Crippen LogP contribution < -0.4 is 4.72 Å². The van der Waals surface area contributed by atoms with Crippen LogP contribution in [0.3, 0.4) is 0 Å². The Morgan fingerprint density at radius 1 is 0.825 bits per heavy atom. The van der Waals surface area contributed by atoms with Crippen molar-refractivity contribution < 1.29 is 8.42 Å². The molecule has 8 nitrogen and oxygen atoms in total. The van der Waals surface area contributed by atoms with Crippen molar-refractivity contribution in [3.63, 3.8) is 0 Å². The molecule has 0 aliphatic heterocycles. The summed E-state index contributed by atoms with van der Waals surface area (Å²) in [4.78, 5) is 9.71. The van der Waals surface area contributed by atoms with E-state index in [0.717, 1.165) is 22.0 Å². The smallest absolute Gasteiger partial charge is 0.263 e. The zero-order valence-corrected chi connectivity index (χ0v) is 24.4. The molecule has 6 rings (SSSR count). The number of pyridine rings is 1. The van der Waals surface area contributed by atoms with Gasteiger partial charge >= 0.3 is 0 Å².